The normalized spacial score (nSPS) is 9.85. The van der Waals surface area contributed by atoms with Gasteiger partial charge in [-0.1, -0.05) is 12.1 Å². The van der Waals surface area contributed by atoms with Crippen LogP contribution in [0.4, 0.5) is 11.4 Å². The van der Waals surface area contributed by atoms with Crippen LogP contribution in [0.3, 0.4) is 0 Å². The highest BCUT2D eigenvalue weighted by Crippen LogP contribution is 2.18. The quantitative estimate of drug-likeness (QED) is 0.903. The van der Waals surface area contributed by atoms with Crippen molar-refractivity contribution < 1.29 is 0 Å². The van der Waals surface area contributed by atoms with Gasteiger partial charge in [-0.2, -0.15) is 5.26 Å². The fourth-order valence-corrected chi connectivity index (χ4v) is 2.04. The van der Waals surface area contributed by atoms with Gasteiger partial charge in [-0.15, -0.1) is 0 Å². The Balaban J connectivity index is 2.13. The zero-order valence-electron chi connectivity index (χ0n) is 11.8. The Morgan fingerprint density at radius 2 is 2.15 bits per heavy atom. The Kier molecular flexibility index (Phi) is 4.56. The number of pyridine rings is 1. The van der Waals surface area contributed by atoms with E-state index >= 15 is 0 Å². The zero-order valence-corrected chi connectivity index (χ0v) is 11.8. The van der Waals surface area contributed by atoms with Gasteiger partial charge < -0.3 is 10.2 Å². The second-order valence-electron chi connectivity index (χ2n) is 4.63. The minimum atomic E-state index is 0.690. The van der Waals surface area contributed by atoms with Crippen molar-refractivity contribution in [1.29, 1.82) is 5.26 Å². The van der Waals surface area contributed by atoms with Gasteiger partial charge in [0.25, 0.3) is 0 Å². The number of hydrogen-bond donors (Lipinski definition) is 1. The molecule has 0 unspecified atom stereocenters. The van der Waals surface area contributed by atoms with Crippen molar-refractivity contribution in [2.45, 2.75) is 13.5 Å². The molecule has 20 heavy (non-hydrogen) atoms. The summed E-state index contributed by atoms with van der Waals surface area (Å²) in [5.41, 5.74) is 3.87. The van der Waals surface area contributed by atoms with Crippen LogP contribution >= 0.6 is 0 Å². The van der Waals surface area contributed by atoms with Gasteiger partial charge in [-0.05, 0) is 30.7 Å². The number of nitrogens with one attached hydrogen (secondary N) is 1. The minimum Gasteiger partial charge on any atom is -0.384 e. The Morgan fingerprint density at radius 1 is 1.30 bits per heavy atom. The van der Waals surface area contributed by atoms with E-state index in [1.54, 1.807) is 0 Å². The van der Waals surface area contributed by atoms with Crippen LogP contribution < -0.4 is 10.2 Å². The zero-order chi connectivity index (χ0) is 14.4. The molecule has 0 atom stereocenters. The summed E-state index contributed by atoms with van der Waals surface area (Å²) in [5.74, 6) is 0. The summed E-state index contributed by atoms with van der Waals surface area (Å²) >= 11 is 0. The molecule has 0 fully saturated rings. The molecule has 1 heterocycles. The van der Waals surface area contributed by atoms with E-state index in [0.29, 0.717) is 5.56 Å². The molecule has 0 saturated heterocycles. The predicted octanol–water partition coefficient (Wildman–Crippen LogP) is 3.02. The van der Waals surface area contributed by atoms with Crippen LogP contribution in [0.15, 0.2) is 42.7 Å². The molecule has 1 aromatic carbocycles. The van der Waals surface area contributed by atoms with Gasteiger partial charge in [-0.25, -0.2) is 0 Å². The van der Waals surface area contributed by atoms with Crippen molar-refractivity contribution in [2.75, 3.05) is 23.8 Å². The van der Waals surface area contributed by atoms with Gasteiger partial charge in [0.2, 0.25) is 0 Å². The first kappa shape index (κ1) is 13.9. The predicted molar refractivity (Wildman–Crippen MR) is 81.7 cm³/mol. The summed E-state index contributed by atoms with van der Waals surface area (Å²) in [7, 11) is 2.02. The molecule has 0 aliphatic heterocycles. The third kappa shape index (κ3) is 3.48. The standard InChI is InChI=1S/C16H18N4/c1-3-19-15-8-16(11-18-10-15)20(2)12-14-6-4-5-13(7-14)9-17/h4-8,10-11,19H,3,12H2,1-2H3. The second kappa shape index (κ2) is 6.58. The molecule has 0 bridgehead atoms. The number of nitriles is 1. The molecule has 1 aromatic heterocycles. The Bertz CT molecular complexity index is 616. The van der Waals surface area contributed by atoms with E-state index in [4.69, 9.17) is 5.26 Å². The lowest BCUT2D eigenvalue weighted by atomic mass is 10.1. The van der Waals surface area contributed by atoms with E-state index in [-0.39, 0.29) is 0 Å². The first-order valence-electron chi connectivity index (χ1n) is 6.62. The van der Waals surface area contributed by atoms with Crippen molar-refractivity contribution in [3.05, 3.63) is 53.9 Å². The fourth-order valence-electron chi connectivity index (χ4n) is 2.04. The van der Waals surface area contributed by atoms with Crippen molar-refractivity contribution in [1.82, 2.24) is 4.98 Å². The lowest BCUT2D eigenvalue weighted by Crippen LogP contribution is -2.16. The molecule has 2 rings (SSSR count). The first-order chi connectivity index (χ1) is 9.72. The van der Waals surface area contributed by atoms with E-state index in [1.807, 2.05) is 43.7 Å². The van der Waals surface area contributed by atoms with Crippen LogP contribution in [0.5, 0.6) is 0 Å². The van der Waals surface area contributed by atoms with Crippen molar-refractivity contribution >= 4 is 11.4 Å². The fraction of sp³-hybridized carbons (Fsp3) is 0.250. The monoisotopic (exact) mass is 266 g/mol. The first-order valence-corrected chi connectivity index (χ1v) is 6.62. The van der Waals surface area contributed by atoms with Crippen LogP contribution in [-0.2, 0) is 6.54 Å². The van der Waals surface area contributed by atoms with E-state index in [9.17, 15) is 0 Å². The van der Waals surface area contributed by atoms with Crippen molar-refractivity contribution in [2.24, 2.45) is 0 Å². The lowest BCUT2D eigenvalue weighted by molar-refractivity contribution is 0.917. The average Bonchev–Trinajstić information content (AvgIpc) is 2.48. The van der Waals surface area contributed by atoms with E-state index in [2.05, 4.69) is 34.3 Å². The molecule has 0 saturated carbocycles. The van der Waals surface area contributed by atoms with E-state index < -0.39 is 0 Å². The summed E-state index contributed by atoms with van der Waals surface area (Å²) < 4.78 is 0. The molecule has 4 heteroatoms. The Morgan fingerprint density at radius 3 is 2.90 bits per heavy atom. The number of benzene rings is 1. The molecule has 4 nitrogen and oxygen atoms in total. The van der Waals surface area contributed by atoms with Crippen LogP contribution in [0.2, 0.25) is 0 Å². The molecule has 2 aromatic rings. The van der Waals surface area contributed by atoms with E-state index in [1.165, 1.54) is 0 Å². The van der Waals surface area contributed by atoms with Crippen LogP contribution in [0.1, 0.15) is 18.1 Å². The summed E-state index contributed by atoms with van der Waals surface area (Å²) in [6, 6.07) is 11.9. The van der Waals surface area contributed by atoms with Gasteiger partial charge in [0.05, 0.1) is 35.4 Å². The molecule has 0 aliphatic carbocycles. The van der Waals surface area contributed by atoms with Crippen molar-refractivity contribution in [3.8, 4) is 6.07 Å². The molecule has 1 N–H and O–H groups in total. The number of aromatic nitrogens is 1. The number of nitrogens with zero attached hydrogens (tertiary/aromatic N) is 3. The lowest BCUT2D eigenvalue weighted by Gasteiger charge is -2.20. The van der Waals surface area contributed by atoms with Crippen LogP contribution in [0.25, 0.3) is 0 Å². The van der Waals surface area contributed by atoms with Gasteiger partial charge >= 0.3 is 0 Å². The summed E-state index contributed by atoms with van der Waals surface area (Å²) in [6.07, 6.45) is 3.66. The average molecular weight is 266 g/mol. The highest BCUT2D eigenvalue weighted by molar-refractivity contribution is 5.55. The summed E-state index contributed by atoms with van der Waals surface area (Å²) in [4.78, 5) is 6.36. The maximum absolute atomic E-state index is 8.93. The maximum Gasteiger partial charge on any atom is 0.0991 e. The number of rotatable bonds is 5. The van der Waals surface area contributed by atoms with Crippen molar-refractivity contribution in [3.63, 3.8) is 0 Å². The maximum atomic E-state index is 8.93. The van der Waals surface area contributed by atoms with Crippen LogP contribution in [-0.4, -0.2) is 18.6 Å². The summed E-state index contributed by atoms with van der Waals surface area (Å²) in [5, 5.41) is 12.2. The highest BCUT2D eigenvalue weighted by atomic mass is 15.1. The topological polar surface area (TPSA) is 52.0 Å². The SMILES string of the molecule is CCNc1cncc(N(C)Cc2cccc(C#N)c2)c1. The van der Waals surface area contributed by atoms with Gasteiger partial charge in [0, 0.05) is 20.1 Å². The Hall–Kier alpha value is -2.54. The number of hydrogen-bond acceptors (Lipinski definition) is 4. The molecular formula is C16H18N4. The van der Waals surface area contributed by atoms with E-state index in [0.717, 1.165) is 30.0 Å². The van der Waals surface area contributed by atoms with Crippen LogP contribution in [0, 0.1) is 11.3 Å². The largest absolute Gasteiger partial charge is 0.384 e. The molecule has 102 valence electrons. The minimum absolute atomic E-state index is 0.690. The molecule has 0 spiro atoms. The Labute approximate surface area is 119 Å². The second-order valence-corrected chi connectivity index (χ2v) is 4.63. The molecule has 0 amide bonds. The summed E-state index contributed by atoms with van der Waals surface area (Å²) in [6.45, 7) is 3.68. The number of anilines is 2. The van der Waals surface area contributed by atoms with Gasteiger partial charge in [0.15, 0.2) is 0 Å². The molecular weight excluding hydrogens is 248 g/mol. The highest BCUT2D eigenvalue weighted by Gasteiger charge is 2.04. The third-order valence-electron chi connectivity index (χ3n) is 3.02. The van der Waals surface area contributed by atoms with Gasteiger partial charge in [-0.3, -0.25) is 4.98 Å². The molecule has 0 aliphatic rings. The van der Waals surface area contributed by atoms with Gasteiger partial charge in [0.1, 0.15) is 0 Å². The smallest absolute Gasteiger partial charge is 0.0991 e. The molecule has 0 radical (unpaired) electrons. The third-order valence-corrected chi connectivity index (χ3v) is 3.02.